The van der Waals surface area contributed by atoms with Gasteiger partial charge in [0.1, 0.15) is 29.9 Å². The summed E-state index contributed by atoms with van der Waals surface area (Å²) in [6.07, 6.45) is -0.0392. The normalized spacial score (nSPS) is 21.2. The lowest BCUT2D eigenvalue weighted by Gasteiger charge is -2.46. The zero-order valence-corrected chi connectivity index (χ0v) is 26.5. The highest BCUT2D eigenvalue weighted by Gasteiger charge is 2.49. The minimum absolute atomic E-state index is 0.324. The Balaban J connectivity index is 1.31. The van der Waals surface area contributed by atoms with Gasteiger partial charge in [-0.25, -0.2) is 4.98 Å². The van der Waals surface area contributed by atoms with Crippen molar-refractivity contribution in [1.82, 2.24) is 4.98 Å². The molecule has 6 nitrogen and oxygen atoms in total. The van der Waals surface area contributed by atoms with E-state index in [4.69, 9.17) is 23.7 Å². The standard InChI is InChI=1S/C39H39NO5S/c1-5-15-30(16-6-1)25-41-29-34-36(42-26-31-17-7-2-8-18-31)37(43-27-32-19-9-3-10-20-32)38(44-28-33-21-11-4-12-22-33)39(45-34)46-35-23-13-14-24-40-35/h1-24,34,36-39H,25-29H2/t34-,36-,37+,38-,39+/m1/s1. The second kappa shape index (κ2) is 17.2. The molecule has 2 heterocycles. The summed E-state index contributed by atoms with van der Waals surface area (Å²) in [6.45, 7) is 2.00. The van der Waals surface area contributed by atoms with Crippen LogP contribution in [0.1, 0.15) is 22.3 Å². The van der Waals surface area contributed by atoms with Crippen LogP contribution in [0.15, 0.2) is 151 Å². The van der Waals surface area contributed by atoms with Gasteiger partial charge in [-0.2, -0.15) is 0 Å². The topological polar surface area (TPSA) is 59.0 Å². The molecule has 46 heavy (non-hydrogen) atoms. The molecule has 1 aliphatic rings. The van der Waals surface area contributed by atoms with Crippen LogP contribution in [-0.4, -0.2) is 41.4 Å². The van der Waals surface area contributed by atoms with Crippen LogP contribution < -0.4 is 0 Å². The van der Waals surface area contributed by atoms with Crippen LogP contribution in [-0.2, 0) is 50.1 Å². The smallest absolute Gasteiger partial charge is 0.138 e. The number of thioether (sulfide) groups is 1. The molecule has 1 aliphatic heterocycles. The van der Waals surface area contributed by atoms with E-state index in [2.05, 4.69) is 53.5 Å². The van der Waals surface area contributed by atoms with Crippen molar-refractivity contribution in [3.05, 3.63) is 168 Å². The first-order chi connectivity index (χ1) is 22.8. The van der Waals surface area contributed by atoms with Gasteiger partial charge in [-0.1, -0.05) is 139 Å². The van der Waals surface area contributed by atoms with E-state index in [1.807, 2.05) is 91.0 Å². The Morgan fingerprint density at radius 3 is 1.46 bits per heavy atom. The molecule has 5 atom stereocenters. The first kappa shape index (κ1) is 32.1. The molecule has 0 unspecified atom stereocenters. The van der Waals surface area contributed by atoms with E-state index in [1.54, 1.807) is 6.20 Å². The Labute approximate surface area is 275 Å². The highest BCUT2D eigenvalue weighted by atomic mass is 32.2. The SMILES string of the molecule is c1ccc(COC[C@H]2O[C@@H](Sc3ccccn3)[C@H](OCc3ccccc3)[C@@H](OCc3ccccc3)[C@@H]2OCc2ccccc2)cc1. The number of hydrogen-bond donors (Lipinski definition) is 0. The number of hydrogen-bond acceptors (Lipinski definition) is 7. The van der Waals surface area contributed by atoms with Gasteiger partial charge in [-0.05, 0) is 34.4 Å². The van der Waals surface area contributed by atoms with E-state index in [1.165, 1.54) is 11.8 Å². The maximum absolute atomic E-state index is 6.88. The van der Waals surface area contributed by atoms with Crippen LogP contribution in [0.5, 0.6) is 0 Å². The van der Waals surface area contributed by atoms with Gasteiger partial charge in [0.25, 0.3) is 0 Å². The molecule has 5 aromatic rings. The molecule has 0 aliphatic carbocycles. The van der Waals surface area contributed by atoms with Crippen molar-refractivity contribution < 1.29 is 23.7 Å². The lowest BCUT2D eigenvalue weighted by atomic mass is 9.98. The molecule has 0 spiro atoms. The average Bonchev–Trinajstić information content (AvgIpc) is 3.12. The molecule has 0 saturated carbocycles. The summed E-state index contributed by atoms with van der Waals surface area (Å²) >= 11 is 1.53. The van der Waals surface area contributed by atoms with Crippen molar-refractivity contribution in [2.75, 3.05) is 6.61 Å². The minimum Gasteiger partial charge on any atom is -0.374 e. The molecule has 0 N–H and O–H groups in total. The lowest BCUT2D eigenvalue weighted by molar-refractivity contribution is -0.254. The Bertz CT molecular complexity index is 1550. The van der Waals surface area contributed by atoms with Gasteiger partial charge in [0.05, 0.1) is 38.1 Å². The number of pyridine rings is 1. The molecule has 7 heteroatoms. The Morgan fingerprint density at radius 1 is 0.500 bits per heavy atom. The maximum Gasteiger partial charge on any atom is 0.138 e. The third-order valence-corrected chi connectivity index (χ3v) is 8.81. The number of benzene rings is 4. The van der Waals surface area contributed by atoms with E-state index >= 15 is 0 Å². The molecule has 1 aromatic heterocycles. The van der Waals surface area contributed by atoms with Gasteiger partial charge < -0.3 is 23.7 Å². The van der Waals surface area contributed by atoms with Crippen LogP contribution in [0.4, 0.5) is 0 Å². The molecule has 1 fully saturated rings. The molecule has 4 aromatic carbocycles. The number of ether oxygens (including phenoxy) is 5. The van der Waals surface area contributed by atoms with Crippen LogP contribution in [0.3, 0.4) is 0 Å². The van der Waals surface area contributed by atoms with Crippen molar-refractivity contribution >= 4 is 11.8 Å². The summed E-state index contributed by atoms with van der Waals surface area (Å²) in [6, 6.07) is 46.6. The molecule has 6 rings (SSSR count). The third-order valence-electron chi connectivity index (χ3n) is 7.72. The summed E-state index contributed by atoms with van der Waals surface area (Å²) in [5.74, 6) is 0. The van der Waals surface area contributed by atoms with Gasteiger partial charge in [0, 0.05) is 6.20 Å². The highest BCUT2D eigenvalue weighted by molar-refractivity contribution is 7.99. The van der Waals surface area contributed by atoms with Crippen LogP contribution in [0, 0.1) is 0 Å². The van der Waals surface area contributed by atoms with Crippen molar-refractivity contribution in [3.63, 3.8) is 0 Å². The third kappa shape index (κ3) is 9.36. The van der Waals surface area contributed by atoms with E-state index in [9.17, 15) is 0 Å². The quantitative estimate of drug-likeness (QED) is 0.116. The van der Waals surface area contributed by atoms with E-state index in [-0.39, 0.29) is 0 Å². The molecular formula is C39H39NO5S. The van der Waals surface area contributed by atoms with Crippen molar-refractivity contribution in [1.29, 1.82) is 0 Å². The van der Waals surface area contributed by atoms with Crippen LogP contribution in [0.25, 0.3) is 0 Å². The molecule has 0 bridgehead atoms. The van der Waals surface area contributed by atoms with E-state index < -0.39 is 29.9 Å². The summed E-state index contributed by atoms with van der Waals surface area (Å²) in [4.78, 5) is 4.59. The maximum atomic E-state index is 6.88. The number of nitrogens with zero attached hydrogens (tertiary/aromatic N) is 1. The zero-order valence-electron chi connectivity index (χ0n) is 25.7. The first-order valence-electron chi connectivity index (χ1n) is 15.6. The Hall–Kier alpha value is -3.82. The van der Waals surface area contributed by atoms with Gasteiger partial charge in [0.15, 0.2) is 0 Å². The Morgan fingerprint density at radius 2 is 0.957 bits per heavy atom. The second-order valence-corrected chi connectivity index (χ2v) is 12.2. The minimum atomic E-state index is -0.471. The highest BCUT2D eigenvalue weighted by Crippen LogP contribution is 2.38. The Kier molecular flexibility index (Phi) is 12.0. The molecule has 0 radical (unpaired) electrons. The summed E-state index contributed by atoms with van der Waals surface area (Å²) in [7, 11) is 0. The molecule has 0 amide bonds. The predicted octanol–water partition coefficient (Wildman–Crippen LogP) is 7.87. The summed E-state index contributed by atoms with van der Waals surface area (Å²) in [5, 5.41) is 0.843. The van der Waals surface area contributed by atoms with E-state index in [0.717, 1.165) is 27.3 Å². The number of aromatic nitrogens is 1. The lowest BCUT2D eigenvalue weighted by Crippen LogP contribution is -2.60. The summed E-state index contributed by atoms with van der Waals surface area (Å²) < 4.78 is 33.5. The fourth-order valence-corrected chi connectivity index (χ4v) is 6.46. The monoisotopic (exact) mass is 633 g/mol. The molecule has 236 valence electrons. The van der Waals surface area contributed by atoms with Crippen LogP contribution in [0.2, 0.25) is 0 Å². The van der Waals surface area contributed by atoms with Gasteiger partial charge >= 0.3 is 0 Å². The number of rotatable bonds is 15. The van der Waals surface area contributed by atoms with E-state index in [0.29, 0.717) is 33.0 Å². The zero-order chi connectivity index (χ0) is 31.2. The fraction of sp³-hybridized carbons (Fsp3) is 0.256. The first-order valence-corrected chi connectivity index (χ1v) is 16.5. The van der Waals surface area contributed by atoms with Crippen molar-refractivity contribution in [2.24, 2.45) is 0 Å². The largest absolute Gasteiger partial charge is 0.374 e. The van der Waals surface area contributed by atoms with Crippen LogP contribution >= 0.6 is 11.8 Å². The van der Waals surface area contributed by atoms with Crippen molar-refractivity contribution in [3.8, 4) is 0 Å². The van der Waals surface area contributed by atoms with Gasteiger partial charge in [-0.3, -0.25) is 0 Å². The molecule has 1 saturated heterocycles. The van der Waals surface area contributed by atoms with Crippen molar-refractivity contribution in [2.45, 2.75) is 61.3 Å². The van der Waals surface area contributed by atoms with Gasteiger partial charge in [-0.15, -0.1) is 0 Å². The summed E-state index contributed by atoms with van der Waals surface area (Å²) in [5.41, 5.74) is 3.88. The predicted molar refractivity (Wildman–Crippen MR) is 180 cm³/mol. The second-order valence-electron chi connectivity index (χ2n) is 11.1. The molecular weight excluding hydrogens is 594 g/mol. The average molecular weight is 634 g/mol. The fourth-order valence-electron chi connectivity index (χ4n) is 5.38. The van der Waals surface area contributed by atoms with Gasteiger partial charge in [0.2, 0.25) is 0 Å².